The molecule has 7 heteroatoms. The number of amides is 1. The second-order valence-electron chi connectivity index (χ2n) is 5.26. The van der Waals surface area contributed by atoms with Gasteiger partial charge in [0.05, 0.1) is 28.2 Å². The monoisotopic (exact) mass is 360 g/mol. The second-order valence-corrected chi connectivity index (χ2v) is 7.70. The predicted molar refractivity (Wildman–Crippen MR) is 79.0 cm³/mol. The van der Waals surface area contributed by atoms with Crippen LogP contribution in [0.5, 0.6) is 0 Å². The Kier molecular flexibility index (Phi) is 4.58. The van der Waals surface area contributed by atoms with Crippen molar-refractivity contribution < 1.29 is 14.3 Å². The molecule has 20 heavy (non-hydrogen) atoms. The number of nitrogens with one attached hydrogen (secondary N) is 1. The number of hydrogen-bond donors (Lipinski definition) is 1. The van der Waals surface area contributed by atoms with Crippen LogP contribution in [0.4, 0.5) is 4.79 Å². The van der Waals surface area contributed by atoms with Gasteiger partial charge in [0.25, 0.3) is 0 Å². The quantitative estimate of drug-likeness (QED) is 0.899. The van der Waals surface area contributed by atoms with Crippen molar-refractivity contribution in [3.8, 4) is 0 Å². The van der Waals surface area contributed by atoms with Crippen LogP contribution in [0, 0.1) is 0 Å². The minimum absolute atomic E-state index is 0.0565. The zero-order valence-corrected chi connectivity index (χ0v) is 13.4. The van der Waals surface area contributed by atoms with Crippen LogP contribution < -0.4 is 5.32 Å². The van der Waals surface area contributed by atoms with Crippen LogP contribution >= 0.6 is 27.3 Å². The summed E-state index contributed by atoms with van der Waals surface area (Å²) in [5.74, 6) is 0.528. The Morgan fingerprint density at radius 1 is 1.40 bits per heavy atom. The average Bonchev–Trinajstić information content (AvgIpc) is 2.82. The van der Waals surface area contributed by atoms with Crippen molar-refractivity contribution in [2.24, 2.45) is 0 Å². The molecule has 2 fully saturated rings. The van der Waals surface area contributed by atoms with Gasteiger partial charge in [-0.3, -0.25) is 0 Å². The van der Waals surface area contributed by atoms with E-state index in [9.17, 15) is 4.79 Å². The highest BCUT2D eigenvalue weighted by Gasteiger charge is 2.27. The molecular weight excluding hydrogens is 344 g/mol. The molecule has 1 amide bonds. The number of halogens is 1. The summed E-state index contributed by atoms with van der Waals surface area (Å²) in [6.07, 6.45) is 5.60. The molecular formula is C13H17BrN2O3S. The minimum atomic E-state index is -0.307. The molecule has 0 atom stereocenters. The van der Waals surface area contributed by atoms with Gasteiger partial charge in [0.15, 0.2) is 6.10 Å². The van der Waals surface area contributed by atoms with Crippen molar-refractivity contribution in [3.63, 3.8) is 0 Å². The number of aromatic nitrogens is 1. The van der Waals surface area contributed by atoms with E-state index in [1.165, 1.54) is 5.01 Å². The molecule has 1 aromatic rings. The maximum Gasteiger partial charge on any atom is 0.407 e. The SMILES string of the molecule is O=C(NC1CCC(c2ncc(Br)s2)CC1)OC1COC1. The first-order valence-electron chi connectivity index (χ1n) is 6.87. The van der Waals surface area contributed by atoms with E-state index >= 15 is 0 Å². The summed E-state index contributed by atoms with van der Waals surface area (Å²) in [6, 6.07) is 0.225. The molecule has 0 spiro atoms. The van der Waals surface area contributed by atoms with Crippen LogP contribution in [0.15, 0.2) is 9.98 Å². The van der Waals surface area contributed by atoms with Crippen LogP contribution in [0.25, 0.3) is 0 Å². The summed E-state index contributed by atoms with van der Waals surface area (Å²) in [5.41, 5.74) is 0. The molecule has 0 bridgehead atoms. The van der Waals surface area contributed by atoms with Crippen LogP contribution in [-0.2, 0) is 9.47 Å². The van der Waals surface area contributed by atoms with Crippen molar-refractivity contribution in [2.75, 3.05) is 13.2 Å². The molecule has 1 aromatic heterocycles. The predicted octanol–water partition coefficient (Wildman–Crippen LogP) is 3.06. The first-order valence-corrected chi connectivity index (χ1v) is 8.48. The number of carbonyl (C=O) groups excluding carboxylic acids is 1. The number of nitrogens with zero attached hydrogens (tertiary/aromatic N) is 1. The number of carbonyl (C=O) groups is 1. The Bertz CT molecular complexity index is 470. The number of thiazole rings is 1. The summed E-state index contributed by atoms with van der Waals surface area (Å²) < 4.78 is 11.3. The molecule has 1 saturated carbocycles. The molecule has 1 saturated heterocycles. The molecule has 2 aliphatic rings. The van der Waals surface area contributed by atoms with Crippen molar-refractivity contribution >= 4 is 33.4 Å². The molecule has 0 radical (unpaired) electrons. The van der Waals surface area contributed by atoms with E-state index in [-0.39, 0.29) is 18.2 Å². The maximum atomic E-state index is 11.7. The van der Waals surface area contributed by atoms with E-state index in [1.54, 1.807) is 11.3 Å². The standard InChI is InChI=1S/C13H17BrN2O3S/c14-11-5-15-12(20-11)8-1-3-9(4-2-8)16-13(17)19-10-6-18-7-10/h5,8-10H,1-4,6-7H2,(H,16,17). The van der Waals surface area contributed by atoms with Gasteiger partial charge in [0.2, 0.25) is 0 Å². The largest absolute Gasteiger partial charge is 0.441 e. The molecule has 0 unspecified atom stereocenters. The number of alkyl carbamates (subject to hydrolysis) is 1. The zero-order valence-electron chi connectivity index (χ0n) is 11.0. The molecule has 1 N–H and O–H groups in total. The van der Waals surface area contributed by atoms with Gasteiger partial charge < -0.3 is 14.8 Å². The first-order chi connectivity index (χ1) is 9.70. The minimum Gasteiger partial charge on any atom is -0.441 e. The summed E-state index contributed by atoms with van der Waals surface area (Å²) in [7, 11) is 0. The van der Waals surface area contributed by atoms with Gasteiger partial charge >= 0.3 is 6.09 Å². The van der Waals surface area contributed by atoms with Crippen LogP contribution in [0.1, 0.15) is 36.6 Å². The molecule has 1 aliphatic heterocycles. The lowest BCUT2D eigenvalue weighted by atomic mass is 9.86. The summed E-state index contributed by atoms with van der Waals surface area (Å²) >= 11 is 5.16. The van der Waals surface area contributed by atoms with Crippen LogP contribution in [-0.4, -0.2) is 36.4 Å². The summed E-state index contributed by atoms with van der Waals surface area (Å²) in [5, 5.41) is 4.15. The lowest BCUT2D eigenvalue weighted by Gasteiger charge is -2.30. The normalized spacial score (nSPS) is 26.9. The average molecular weight is 361 g/mol. The topological polar surface area (TPSA) is 60.5 Å². The van der Waals surface area contributed by atoms with Crippen molar-refractivity contribution in [3.05, 3.63) is 15.0 Å². The Hall–Kier alpha value is -0.660. The van der Waals surface area contributed by atoms with E-state index in [4.69, 9.17) is 9.47 Å². The van der Waals surface area contributed by atoms with Crippen molar-refractivity contribution in [1.82, 2.24) is 10.3 Å². The van der Waals surface area contributed by atoms with E-state index in [0.29, 0.717) is 19.1 Å². The Balaban J connectivity index is 1.42. The smallest absolute Gasteiger partial charge is 0.407 e. The van der Waals surface area contributed by atoms with Gasteiger partial charge in [-0.1, -0.05) is 0 Å². The van der Waals surface area contributed by atoms with Gasteiger partial charge in [-0.15, -0.1) is 11.3 Å². The lowest BCUT2D eigenvalue weighted by molar-refractivity contribution is -0.0985. The highest BCUT2D eigenvalue weighted by Crippen LogP contribution is 2.36. The molecule has 1 aliphatic carbocycles. The van der Waals surface area contributed by atoms with Crippen LogP contribution in [0.2, 0.25) is 0 Å². The zero-order chi connectivity index (χ0) is 13.9. The third kappa shape index (κ3) is 3.51. The van der Waals surface area contributed by atoms with E-state index in [1.807, 2.05) is 6.20 Å². The fourth-order valence-corrected chi connectivity index (χ4v) is 3.99. The lowest BCUT2D eigenvalue weighted by Crippen LogP contribution is -2.44. The van der Waals surface area contributed by atoms with Crippen LogP contribution in [0.3, 0.4) is 0 Å². The molecule has 0 aromatic carbocycles. The van der Waals surface area contributed by atoms with Gasteiger partial charge in [-0.05, 0) is 41.6 Å². The van der Waals surface area contributed by atoms with Gasteiger partial charge in [-0.2, -0.15) is 0 Å². The Morgan fingerprint density at radius 2 is 2.15 bits per heavy atom. The van der Waals surface area contributed by atoms with Gasteiger partial charge in [-0.25, -0.2) is 9.78 Å². The number of rotatable bonds is 3. The Morgan fingerprint density at radius 3 is 2.70 bits per heavy atom. The first kappa shape index (κ1) is 14.3. The molecule has 110 valence electrons. The summed E-state index contributed by atoms with van der Waals surface area (Å²) in [6.45, 7) is 1.05. The van der Waals surface area contributed by atoms with E-state index < -0.39 is 0 Å². The fourth-order valence-electron chi connectivity index (χ4n) is 2.57. The third-order valence-corrected chi connectivity index (χ3v) is 5.41. The fraction of sp³-hybridized carbons (Fsp3) is 0.692. The maximum absolute atomic E-state index is 11.7. The van der Waals surface area contributed by atoms with Crippen molar-refractivity contribution in [2.45, 2.75) is 43.7 Å². The molecule has 2 heterocycles. The van der Waals surface area contributed by atoms with Gasteiger partial charge in [0.1, 0.15) is 0 Å². The highest BCUT2D eigenvalue weighted by molar-refractivity contribution is 9.11. The Labute approximate surface area is 130 Å². The third-order valence-electron chi connectivity index (χ3n) is 3.77. The molecule has 5 nitrogen and oxygen atoms in total. The second kappa shape index (κ2) is 6.41. The molecule has 3 rings (SSSR count). The highest BCUT2D eigenvalue weighted by atomic mass is 79.9. The number of hydrogen-bond acceptors (Lipinski definition) is 5. The summed E-state index contributed by atoms with van der Waals surface area (Å²) in [4.78, 5) is 16.1. The van der Waals surface area contributed by atoms with E-state index in [2.05, 4.69) is 26.2 Å². The van der Waals surface area contributed by atoms with Crippen molar-refractivity contribution in [1.29, 1.82) is 0 Å². The van der Waals surface area contributed by atoms with E-state index in [0.717, 1.165) is 29.5 Å². The number of ether oxygens (including phenoxy) is 2. The van der Waals surface area contributed by atoms with Gasteiger partial charge in [0, 0.05) is 12.0 Å².